The van der Waals surface area contributed by atoms with Gasteiger partial charge in [0.2, 0.25) is 0 Å². The van der Waals surface area contributed by atoms with Gasteiger partial charge in [0.1, 0.15) is 5.78 Å². The minimum atomic E-state index is -0.821. The van der Waals surface area contributed by atoms with E-state index < -0.39 is 5.97 Å². The fourth-order valence-electron chi connectivity index (χ4n) is 2.09. The molecule has 0 aliphatic carbocycles. The lowest BCUT2D eigenvalue weighted by Crippen LogP contribution is -2.51. The molecule has 0 saturated carbocycles. The van der Waals surface area contributed by atoms with E-state index in [1.54, 1.807) is 0 Å². The molecule has 1 fully saturated rings. The summed E-state index contributed by atoms with van der Waals surface area (Å²) in [5, 5.41) is 8.79. The van der Waals surface area contributed by atoms with Crippen molar-refractivity contribution in [1.82, 2.24) is 4.90 Å². The smallest absolute Gasteiger partial charge is 0.317 e. The Hall–Kier alpha value is -0.900. The van der Waals surface area contributed by atoms with Gasteiger partial charge in [0, 0.05) is 25.4 Å². The first-order valence-electron chi connectivity index (χ1n) is 5.28. The van der Waals surface area contributed by atoms with Crippen LogP contribution in [0.1, 0.15) is 33.6 Å². The molecule has 4 nitrogen and oxygen atoms in total. The number of Topliss-reactive ketones (excluding diaryl/α,β-unsaturated/α-hetero) is 1. The van der Waals surface area contributed by atoms with Crippen LogP contribution in [0.25, 0.3) is 0 Å². The summed E-state index contributed by atoms with van der Waals surface area (Å²) in [6.45, 7) is 6.75. The standard InChI is InChI=1S/C11H19NO3/c1-11(2,3)9-6-8(13)4-5-12(9)7-10(14)15/h9H,4-7H2,1-3H3,(H,14,15). The molecule has 86 valence electrons. The molecule has 0 aromatic heterocycles. The quantitative estimate of drug-likeness (QED) is 0.747. The lowest BCUT2D eigenvalue weighted by atomic mass is 9.80. The summed E-state index contributed by atoms with van der Waals surface area (Å²) < 4.78 is 0. The predicted molar refractivity (Wildman–Crippen MR) is 56.7 cm³/mol. The molecule has 15 heavy (non-hydrogen) atoms. The number of carbonyl (C=O) groups excluding carboxylic acids is 1. The zero-order chi connectivity index (χ0) is 11.6. The number of likely N-dealkylation sites (tertiary alicyclic amines) is 1. The Morgan fingerprint density at radius 2 is 2.13 bits per heavy atom. The molecule has 1 unspecified atom stereocenters. The number of piperidine rings is 1. The molecule has 1 heterocycles. The third-order valence-corrected chi connectivity index (χ3v) is 2.88. The number of carboxylic acids is 1. The molecule has 1 atom stereocenters. The van der Waals surface area contributed by atoms with Crippen LogP contribution in [0, 0.1) is 5.41 Å². The highest BCUT2D eigenvalue weighted by Crippen LogP contribution is 2.30. The fourth-order valence-corrected chi connectivity index (χ4v) is 2.09. The second kappa shape index (κ2) is 4.31. The summed E-state index contributed by atoms with van der Waals surface area (Å²) in [6.07, 6.45) is 0.969. The van der Waals surface area contributed by atoms with Gasteiger partial charge in [-0.25, -0.2) is 0 Å². The van der Waals surface area contributed by atoms with E-state index in [2.05, 4.69) is 0 Å². The number of carboxylic acid groups (broad SMARTS) is 1. The van der Waals surface area contributed by atoms with Crippen molar-refractivity contribution in [1.29, 1.82) is 0 Å². The van der Waals surface area contributed by atoms with E-state index >= 15 is 0 Å². The van der Waals surface area contributed by atoms with Gasteiger partial charge < -0.3 is 5.11 Å². The Bertz CT molecular complexity index is 267. The van der Waals surface area contributed by atoms with Crippen molar-refractivity contribution in [3.63, 3.8) is 0 Å². The summed E-state index contributed by atoms with van der Waals surface area (Å²) in [6, 6.07) is 0.0508. The van der Waals surface area contributed by atoms with E-state index in [1.807, 2.05) is 25.7 Å². The van der Waals surface area contributed by atoms with Crippen LogP contribution in [0.3, 0.4) is 0 Å². The second-order valence-corrected chi connectivity index (χ2v) is 5.24. The van der Waals surface area contributed by atoms with Gasteiger partial charge in [0.25, 0.3) is 0 Å². The number of aliphatic carboxylic acids is 1. The molecule has 0 radical (unpaired) electrons. The molecule has 1 aliphatic heterocycles. The van der Waals surface area contributed by atoms with E-state index in [4.69, 9.17) is 5.11 Å². The Morgan fingerprint density at radius 3 is 2.60 bits per heavy atom. The first-order chi connectivity index (χ1) is 6.80. The van der Waals surface area contributed by atoms with E-state index in [-0.39, 0.29) is 23.8 Å². The Morgan fingerprint density at radius 1 is 1.53 bits per heavy atom. The molecule has 1 saturated heterocycles. The Labute approximate surface area is 90.3 Å². The van der Waals surface area contributed by atoms with Crippen LogP contribution in [-0.4, -0.2) is 40.9 Å². The highest BCUT2D eigenvalue weighted by molar-refractivity contribution is 5.80. The van der Waals surface area contributed by atoms with Crippen molar-refractivity contribution in [3.05, 3.63) is 0 Å². The fraction of sp³-hybridized carbons (Fsp3) is 0.818. The second-order valence-electron chi connectivity index (χ2n) is 5.24. The van der Waals surface area contributed by atoms with Gasteiger partial charge in [-0.05, 0) is 5.41 Å². The van der Waals surface area contributed by atoms with Gasteiger partial charge in [-0.15, -0.1) is 0 Å². The Balaban J connectivity index is 2.75. The maximum atomic E-state index is 11.4. The van der Waals surface area contributed by atoms with Crippen molar-refractivity contribution in [2.75, 3.05) is 13.1 Å². The van der Waals surface area contributed by atoms with Crippen LogP contribution in [0.2, 0.25) is 0 Å². The van der Waals surface area contributed by atoms with Gasteiger partial charge in [-0.2, -0.15) is 0 Å². The SMILES string of the molecule is CC(C)(C)C1CC(=O)CCN1CC(=O)O. The zero-order valence-corrected chi connectivity index (χ0v) is 9.62. The molecule has 0 spiro atoms. The molecule has 1 aliphatic rings. The summed E-state index contributed by atoms with van der Waals surface area (Å²) >= 11 is 0. The summed E-state index contributed by atoms with van der Waals surface area (Å²) in [5.41, 5.74) is -0.0501. The molecule has 0 bridgehead atoms. The van der Waals surface area contributed by atoms with Crippen molar-refractivity contribution >= 4 is 11.8 Å². The average molecular weight is 213 g/mol. The zero-order valence-electron chi connectivity index (χ0n) is 9.62. The molecular weight excluding hydrogens is 194 g/mol. The number of rotatable bonds is 2. The number of ketones is 1. The van der Waals surface area contributed by atoms with Crippen LogP contribution in [0.15, 0.2) is 0 Å². The molecular formula is C11H19NO3. The summed E-state index contributed by atoms with van der Waals surface area (Å²) in [5.74, 6) is -0.574. The van der Waals surface area contributed by atoms with Gasteiger partial charge in [0.15, 0.2) is 0 Å². The number of nitrogens with zero attached hydrogens (tertiary/aromatic N) is 1. The number of carbonyl (C=O) groups is 2. The van der Waals surface area contributed by atoms with Crippen molar-refractivity contribution in [2.45, 2.75) is 39.7 Å². The lowest BCUT2D eigenvalue weighted by molar-refractivity contribution is -0.142. The average Bonchev–Trinajstić information content (AvgIpc) is 2.05. The normalized spacial score (nSPS) is 24.2. The van der Waals surface area contributed by atoms with Crippen molar-refractivity contribution < 1.29 is 14.7 Å². The summed E-state index contributed by atoms with van der Waals surface area (Å²) in [4.78, 5) is 24.0. The molecule has 0 amide bonds. The minimum Gasteiger partial charge on any atom is -0.480 e. The van der Waals surface area contributed by atoms with Gasteiger partial charge in [-0.1, -0.05) is 20.8 Å². The molecule has 1 N–H and O–H groups in total. The van der Waals surface area contributed by atoms with Crippen LogP contribution in [0.5, 0.6) is 0 Å². The molecule has 0 aromatic rings. The van der Waals surface area contributed by atoms with Crippen LogP contribution < -0.4 is 0 Å². The van der Waals surface area contributed by atoms with Crippen molar-refractivity contribution in [3.8, 4) is 0 Å². The molecule has 0 aromatic carbocycles. The predicted octanol–water partition coefficient (Wildman–Crippen LogP) is 1.15. The van der Waals surface area contributed by atoms with Crippen molar-refractivity contribution in [2.24, 2.45) is 5.41 Å². The first kappa shape index (κ1) is 12.2. The third kappa shape index (κ3) is 3.30. The molecule has 4 heteroatoms. The Kier molecular flexibility index (Phi) is 3.50. The highest BCUT2D eigenvalue weighted by atomic mass is 16.4. The van der Waals surface area contributed by atoms with Crippen LogP contribution in [-0.2, 0) is 9.59 Å². The van der Waals surface area contributed by atoms with Gasteiger partial charge in [0.05, 0.1) is 6.54 Å². The number of hydrogen-bond donors (Lipinski definition) is 1. The lowest BCUT2D eigenvalue weighted by Gasteiger charge is -2.41. The highest BCUT2D eigenvalue weighted by Gasteiger charge is 2.36. The topological polar surface area (TPSA) is 57.6 Å². The number of hydrogen-bond acceptors (Lipinski definition) is 3. The monoisotopic (exact) mass is 213 g/mol. The van der Waals surface area contributed by atoms with Crippen LogP contribution >= 0.6 is 0 Å². The van der Waals surface area contributed by atoms with Crippen LogP contribution in [0.4, 0.5) is 0 Å². The summed E-state index contributed by atoms with van der Waals surface area (Å²) in [7, 11) is 0. The van der Waals surface area contributed by atoms with E-state index in [0.29, 0.717) is 19.4 Å². The molecule has 1 rings (SSSR count). The maximum Gasteiger partial charge on any atom is 0.317 e. The van der Waals surface area contributed by atoms with E-state index in [1.165, 1.54) is 0 Å². The van der Waals surface area contributed by atoms with Gasteiger partial charge >= 0.3 is 5.97 Å². The van der Waals surface area contributed by atoms with Gasteiger partial charge in [-0.3, -0.25) is 14.5 Å². The minimum absolute atomic E-state index is 0.0369. The van der Waals surface area contributed by atoms with E-state index in [0.717, 1.165) is 0 Å². The third-order valence-electron chi connectivity index (χ3n) is 2.88. The van der Waals surface area contributed by atoms with E-state index in [9.17, 15) is 9.59 Å². The largest absolute Gasteiger partial charge is 0.480 e. The maximum absolute atomic E-state index is 11.4. The first-order valence-corrected chi connectivity index (χ1v) is 5.28.